The molecule has 0 bridgehead atoms. The Morgan fingerprint density at radius 2 is 1.19 bits per heavy atom. The van der Waals surface area contributed by atoms with Crippen LogP contribution in [-0.4, -0.2) is 91.5 Å². The van der Waals surface area contributed by atoms with E-state index in [4.69, 9.17) is 37.9 Å². The van der Waals surface area contributed by atoms with Crippen LogP contribution in [0.25, 0.3) is 10.4 Å². The maximum atomic E-state index is 13.9. The lowest BCUT2D eigenvalue weighted by molar-refractivity contribution is -0.340. The van der Waals surface area contributed by atoms with Crippen LogP contribution in [0.1, 0.15) is 45.2 Å². The van der Waals surface area contributed by atoms with Crippen LogP contribution in [0.4, 0.5) is 0 Å². The van der Waals surface area contributed by atoms with Gasteiger partial charge in [0, 0.05) is 4.91 Å². The second-order valence-corrected chi connectivity index (χ2v) is 13.2. The molecule has 15 heteroatoms. The number of ether oxygens (including phenoxy) is 8. The highest BCUT2D eigenvalue weighted by atomic mass is 16.8. The van der Waals surface area contributed by atoms with Gasteiger partial charge in [0.25, 0.3) is 0 Å². The van der Waals surface area contributed by atoms with Crippen LogP contribution in [0.3, 0.4) is 0 Å². The molecule has 0 aliphatic carbocycles. The number of hydrogen-bond acceptors (Lipinski definition) is 13. The Balaban J connectivity index is 1.41. The zero-order valence-corrected chi connectivity index (χ0v) is 31.2. The highest BCUT2D eigenvalue weighted by Gasteiger charge is 2.57. The van der Waals surface area contributed by atoms with E-state index in [2.05, 4.69) is 10.0 Å². The summed E-state index contributed by atoms with van der Waals surface area (Å²) in [6.45, 7) is 1.74. The summed E-state index contributed by atoms with van der Waals surface area (Å²) in [5.41, 5.74) is 11.5. The fraction of sp³-hybridized carbons (Fsp3) is 0.357. The Hall–Kier alpha value is -5.64. The Morgan fingerprint density at radius 1 is 0.684 bits per heavy atom. The van der Waals surface area contributed by atoms with Crippen molar-refractivity contribution >= 4 is 17.9 Å². The van der Waals surface area contributed by atoms with Crippen LogP contribution in [0.5, 0.6) is 0 Å². The largest absolute Gasteiger partial charge is 0.467 e. The number of rotatable bonds is 15. The SMILES string of the molecule is CCC1O[C@H](O[C@@H]2C(C(=O)OC)O[C@@H](OCc3ccccc3)C(OC(=O)c3ccccc3)[C@H]2OC(=O)c2ccccc2)C(N=[N+]=[N-])[C@@H](OCc2ccccc2)[C@@H]1O. The van der Waals surface area contributed by atoms with E-state index in [0.717, 1.165) is 18.2 Å². The number of aliphatic hydroxyl groups is 1. The predicted octanol–water partition coefficient (Wildman–Crippen LogP) is 5.70. The molecule has 6 rings (SSSR count). The first kappa shape index (κ1) is 41.0. The highest BCUT2D eigenvalue weighted by molar-refractivity contribution is 5.90. The van der Waals surface area contributed by atoms with E-state index in [1.165, 1.54) is 24.3 Å². The van der Waals surface area contributed by atoms with Crippen molar-refractivity contribution in [3.05, 3.63) is 154 Å². The lowest BCUT2D eigenvalue weighted by Crippen LogP contribution is -2.66. The molecule has 57 heavy (non-hydrogen) atoms. The first-order valence-electron chi connectivity index (χ1n) is 18.4. The number of aliphatic hydroxyl groups excluding tert-OH is 1. The lowest BCUT2D eigenvalue weighted by Gasteiger charge is -2.48. The van der Waals surface area contributed by atoms with Crippen molar-refractivity contribution in [1.29, 1.82) is 0 Å². The Bertz CT molecular complexity index is 1950. The maximum absolute atomic E-state index is 13.9. The standard InChI is InChI=1S/C42H43N3O12/c1-3-30-32(46)33(51-24-26-16-8-4-9-17-26)31(44-45-43)41(53-30)56-34-35(54-38(47)28-20-12-6-13-21-28)37(55-39(48)29-22-14-7-15-23-29)42(57-36(34)40(49)50-2)52-25-27-18-10-5-11-19-27/h4-23,30-37,41-42,46H,3,24-25H2,1-2H3/t30?,31?,32-,33-,34+,35+,36?,37?,41-,42-/m1/s1. The molecule has 0 aromatic heterocycles. The van der Waals surface area contributed by atoms with Crippen molar-refractivity contribution in [3.8, 4) is 0 Å². The molecule has 2 heterocycles. The molecule has 0 saturated carbocycles. The van der Waals surface area contributed by atoms with Gasteiger partial charge in [-0.1, -0.05) is 109 Å². The monoisotopic (exact) mass is 781 g/mol. The number of azide groups is 1. The van der Waals surface area contributed by atoms with Crippen LogP contribution in [0.15, 0.2) is 126 Å². The van der Waals surface area contributed by atoms with Gasteiger partial charge in [0.15, 0.2) is 30.9 Å². The summed E-state index contributed by atoms with van der Waals surface area (Å²) < 4.78 is 48.7. The van der Waals surface area contributed by atoms with Crippen LogP contribution in [0.2, 0.25) is 0 Å². The summed E-state index contributed by atoms with van der Waals surface area (Å²) >= 11 is 0. The van der Waals surface area contributed by atoms with E-state index in [9.17, 15) is 25.0 Å². The van der Waals surface area contributed by atoms with Crippen molar-refractivity contribution < 1.29 is 57.4 Å². The first-order chi connectivity index (χ1) is 27.8. The van der Waals surface area contributed by atoms with Gasteiger partial charge in [-0.25, -0.2) is 14.4 Å². The van der Waals surface area contributed by atoms with E-state index < -0.39 is 79.3 Å². The second-order valence-electron chi connectivity index (χ2n) is 13.2. The minimum absolute atomic E-state index is 0.0375. The van der Waals surface area contributed by atoms with Crippen LogP contribution in [0, 0.1) is 0 Å². The summed E-state index contributed by atoms with van der Waals surface area (Å²) in [7, 11) is 1.13. The molecule has 2 fully saturated rings. The highest BCUT2D eigenvalue weighted by Crippen LogP contribution is 2.36. The number of methoxy groups -OCH3 is 1. The number of benzene rings is 4. The Labute approximate surface area is 328 Å². The summed E-state index contributed by atoms with van der Waals surface area (Å²) in [5, 5.41) is 15.3. The number of carbonyl (C=O) groups excluding carboxylic acids is 3. The lowest BCUT2D eigenvalue weighted by atomic mass is 9.94. The van der Waals surface area contributed by atoms with Crippen molar-refractivity contribution in [3.63, 3.8) is 0 Å². The Kier molecular flexibility index (Phi) is 14.4. The second kappa shape index (κ2) is 20.0. The Morgan fingerprint density at radius 3 is 1.70 bits per heavy atom. The molecular weight excluding hydrogens is 738 g/mol. The quantitative estimate of drug-likeness (QED) is 0.0509. The molecule has 4 unspecified atom stereocenters. The minimum atomic E-state index is -1.69. The molecular formula is C42H43N3O12. The predicted molar refractivity (Wildman–Crippen MR) is 201 cm³/mol. The number of nitrogens with zero attached hydrogens (tertiary/aromatic N) is 3. The molecule has 1 N–H and O–H groups in total. The first-order valence-corrected chi connectivity index (χ1v) is 18.4. The minimum Gasteiger partial charge on any atom is -0.467 e. The number of hydrogen-bond donors (Lipinski definition) is 1. The summed E-state index contributed by atoms with van der Waals surface area (Å²) in [6, 6.07) is 33.0. The topological polar surface area (TPSA) is 194 Å². The average Bonchev–Trinajstić information content (AvgIpc) is 3.25. The molecule has 0 amide bonds. The van der Waals surface area contributed by atoms with Gasteiger partial charge in [0.1, 0.15) is 18.2 Å². The number of esters is 3. The average molecular weight is 782 g/mol. The summed E-state index contributed by atoms with van der Waals surface area (Å²) in [5.74, 6) is -2.63. The van der Waals surface area contributed by atoms with Crippen molar-refractivity contribution in [1.82, 2.24) is 0 Å². The summed E-state index contributed by atoms with van der Waals surface area (Å²) in [6.07, 6.45) is -12.7. The van der Waals surface area contributed by atoms with Crippen molar-refractivity contribution in [2.75, 3.05) is 7.11 Å². The molecule has 4 aromatic carbocycles. The zero-order valence-electron chi connectivity index (χ0n) is 31.2. The van der Waals surface area contributed by atoms with Gasteiger partial charge in [-0.15, -0.1) is 0 Å². The van der Waals surface area contributed by atoms with E-state index in [1.807, 2.05) is 36.4 Å². The van der Waals surface area contributed by atoms with Gasteiger partial charge < -0.3 is 43.0 Å². The van der Waals surface area contributed by atoms with E-state index in [-0.39, 0.29) is 30.8 Å². The molecule has 2 aliphatic rings. The third-order valence-electron chi connectivity index (χ3n) is 9.50. The van der Waals surface area contributed by atoms with Gasteiger partial charge >= 0.3 is 17.9 Å². The summed E-state index contributed by atoms with van der Waals surface area (Å²) in [4.78, 5) is 44.3. The van der Waals surface area contributed by atoms with Crippen molar-refractivity contribution in [2.24, 2.45) is 5.11 Å². The molecule has 15 nitrogen and oxygen atoms in total. The van der Waals surface area contributed by atoms with Crippen molar-refractivity contribution in [2.45, 2.75) is 87.9 Å². The third kappa shape index (κ3) is 10.2. The molecule has 2 saturated heterocycles. The smallest absolute Gasteiger partial charge is 0.338 e. The fourth-order valence-corrected chi connectivity index (χ4v) is 6.59. The van der Waals surface area contributed by atoms with E-state index in [1.54, 1.807) is 67.6 Å². The molecule has 298 valence electrons. The fourth-order valence-electron chi connectivity index (χ4n) is 6.59. The maximum Gasteiger partial charge on any atom is 0.338 e. The van der Waals surface area contributed by atoms with E-state index >= 15 is 0 Å². The van der Waals surface area contributed by atoms with Gasteiger partial charge in [0.2, 0.25) is 0 Å². The molecule has 4 aromatic rings. The van der Waals surface area contributed by atoms with E-state index in [0.29, 0.717) is 0 Å². The van der Waals surface area contributed by atoms with Crippen LogP contribution >= 0.6 is 0 Å². The normalized spacial score (nSPS) is 27.0. The van der Waals surface area contributed by atoms with Crippen LogP contribution < -0.4 is 0 Å². The zero-order chi connectivity index (χ0) is 40.1. The molecule has 2 aliphatic heterocycles. The molecule has 0 spiro atoms. The van der Waals surface area contributed by atoms with Gasteiger partial charge in [-0.3, -0.25) is 0 Å². The van der Waals surface area contributed by atoms with Gasteiger partial charge in [0.05, 0.1) is 43.7 Å². The third-order valence-corrected chi connectivity index (χ3v) is 9.50. The van der Waals surface area contributed by atoms with Gasteiger partial charge in [-0.05, 0) is 47.3 Å². The van der Waals surface area contributed by atoms with Gasteiger partial charge in [-0.2, -0.15) is 0 Å². The van der Waals surface area contributed by atoms with Crippen LogP contribution in [-0.2, 0) is 55.9 Å². The molecule has 10 atom stereocenters. The molecule has 0 radical (unpaired) electrons. The number of carbonyl (C=O) groups is 3.